The van der Waals surface area contributed by atoms with Crippen LogP contribution in [0.4, 0.5) is 13.2 Å². The molecule has 1 saturated heterocycles. The van der Waals surface area contributed by atoms with Gasteiger partial charge < -0.3 is 4.90 Å². The number of carbonyl (C=O) groups excluding carboxylic acids is 1. The van der Waals surface area contributed by atoms with Crippen LogP contribution in [0.15, 0.2) is 29.2 Å². The predicted octanol–water partition coefficient (Wildman–Crippen LogP) is 2.11. The third-order valence-electron chi connectivity index (χ3n) is 3.55. The van der Waals surface area contributed by atoms with Gasteiger partial charge in [-0.1, -0.05) is 6.07 Å². The number of rotatable bonds is 4. The van der Waals surface area contributed by atoms with Crippen molar-refractivity contribution in [1.29, 1.82) is 0 Å². The highest BCUT2D eigenvalue weighted by Gasteiger charge is 2.32. The van der Waals surface area contributed by atoms with E-state index >= 15 is 0 Å². The highest BCUT2D eigenvalue weighted by molar-refractivity contribution is 7.89. The zero-order valence-corrected chi connectivity index (χ0v) is 13.3. The Bertz CT molecular complexity index is 683. The molecule has 1 amide bonds. The fourth-order valence-corrected chi connectivity index (χ4v) is 3.99. The number of alkyl halides is 3. The fraction of sp³-hybridized carbons (Fsp3) is 0.500. The maximum absolute atomic E-state index is 12.4. The summed E-state index contributed by atoms with van der Waals surface area (Å²) in [6.07, 6.45) is -2.97. The zero-order valence-electron chi connectivity index (χ0n) is 12.5. The number of sulfonamides is 1. The average molecular weight is 350 g/mol. The summed E-state index contributed by atoms with van der Waals surface area (Å²) in [6.45, 7) is -0.572. The second kappa shape index (κ2) is 6.48. The summed E-state index contributed by atoms with van der Waals surface area (Å²) in [4.78, 5) is 12.5. The molecule has 9 heteroatoms. The Hall–Kier alpha value is -1.61. The highest BCUT2D eigenvalue weighted by atomic mass is 32.2. The van der Waals surface area contributed by atoms with Gasteiger partial charge in [0.2, 0.25) is 10.0 Å². The van der Waals surface area contributed by atoms with Crippen molar-refractivity contribution in [3.63, 3.8) is 0 Å². The molecule has 2 rings (SSSR count). The molecule has 23 heavy (non-hydrogen) atoms. The van der Waals surface area contributed by atoms with Crippen LogP contribution >= 0.6 is 0 Å². The SMILES string of the molecule is CN(CC(F)(F)F)C(=O)c1cccc(S(=O)(=O)N2CCCC2)c1. The van der Waals surface area contributed by atoms with Crippen molar-refractivity contribution in [3.05, 3.63) is 29.8 Å². The zero-order chi connectivity index (χ0) is 17.3. The summed E-state index contributed by atoms with van der Waals surface area (Å²) in [5, 5.41) is 0. The molecule has 0 bridgehead atoms. The lowest BCUT2D eigenvalue weighted by molar-refractivity contribution is -0.138. The van der Waals surface area contributed by atoms with Gasteiger partial charge in [0.1, 0.15) is 6.54 Å². The fourth-order valence-electron chi connectivity index (χ4n) is 2.43. The Morgan fingerprint density at radius 2 is 1.87 bits per heavy atom. The monoisotopic (exact) mass is 350 g/mol. The minimum absolute atomic E-state index is 0.0781. The van der Waals surface area contributed by atoms with Crippen LogP contribution in [-0.4, -0.2) is 56.4 Å². The number of halogens is 3. The van der Waals surface area contributed by atoms with Crippen LogP contribution in [0.5, 0.6) is 0 Å². The van der Waals surface area contributed by atoms with Crippen molar-refractivity contribution in [2.45, 2.75) is 23.9 Å². The largest absolute Gasteiger partial charge is 0.406 e. The maximum Gasteiger partial charge on any atom is 0.406 e. The van der Waals surface area contributed by atoms with Gasteiger partial charge in [-0.05, 0) is 31.0 Å². The summed E-state index contributed by atoms with van der Waals surface area (Å²) in [6, 6.07) is 5.13. The second-order valence-electron chi connectivity index (χ2n) is 5.42. The Balaban J connectivity index is 2.24. The summed E-state index contributed by atoms with van der Waals surface area (Å²) in [5.41, 5.74) is -0.0861. The van der Waals surface area contributed by atoms with E-state index in [1.807, 2.05) is 0 Å². The topological polar surface area (TPSA) is 57.7 Å². The molecule has 0 saturated carbocycles. The molecule has 0 N–H and O–H groups in total. The molecule has 128 valence electrons. The number of amides is 1. The molecule has 0 aliphatic carbocycles. The van der Waals surface area contributed by atoms with Crippen molar-refractivity contribution < 1.29 is 26.4 Å². The van der Waals surface area contributed by atoms with Gasteiger partial charge in [-0.15, -0.1) is 0 Å². The summed E-state index contributed by atoms with van der Waals surface area (Å²) < 4.78 is 63.2. The van der Waals surface area contributed by atoms with Crippen molar-refractivity contribution in [2.24, 2.45) is 0 Å². The Kier molecular flexibility index (Phi) is 5.00. The van der Waals surface area contributed by atoms with E-state index in [9.17, 15) is 26.4 Å². The lowest BCUT2D eigenvalue weighted by Gasteiger charge is -2.20. The van der Waals surface area contributed by atoms with E-state index in [0.29, 0.717) is 18.0 Å². The maximum atomic E-state index is 12.4. The Labute approximate surface area is 132 Å². The molecular weight excluding hydrogens is 333 g/mol. The molecule has 5 nitrogen and oxygen atoms in total. The van der Waals surface area contributed by atoms with Crippen molar-refractivity contribution in [2.75, 3.05) is 26.7 Å². The molecule has 1 fully saturated rings. The van der Waals surface area contributed by atoms with Gasteiger partial charge in [0, 0.05) is 25.7 Å². The van der Waals surface area contributed by atoms with Crippen molar-refractivity contribution >= 4 is 15.9 Å². The van der Waals surface area contributed by atoms with Crippen molar-refractivity contribution in [3.8, 4) is 0 Å². The smallest absolute Gasteiger partial charge is 0.333 e. The molecule has 1 aliphatic rings. The van der Waals surface area contributed by atoms with E-state index in [4.69, 9.17) is 0 Å². The van der Waals surface area contributed by atoms with E-state index < -0.39 is 28.7 Å². The van der Waals surface area contributed by atoms with Crippen LogP contribution in [0.1, 0.15) is 23.2 Å². The first-order valence-corrected chi connectivity index (χ1v) is 8.48. The summed E-state index contributed by atoms with van der Waals surface area (Å²) >= 11 is 0. The minimum Gasteiger partial charge on any atom is -0.333 e. The van der Waals surface area contributed by atoms with Crippen LogP contribution in [-0.2, 0) is 10.0 Å². The van der Waals surface area contributed by atoms with Crippen LogP contribution in [0.2, 0.25) is 0 Å². The first-order valence-electron chi connectivity index (χ1n) is 7.04. The van der Waals surface area contributed by atoms with Gasteiger partial charge in [-0.25, -0.2) is 8.42 Å². The quantitative estimate of drug-likeness (QED) is 0.836. The Morgan fingerprint density at radius 1 is 1.26 bits per heavy atom. The van der Waals surface area contributed by atoms with Crippen LogP contribution in [0.25, 0.3) is 0 Å². The third-order valence-corrected chi connectivity index (χ3v) is 5.44. The lowest BCUT2D eigenvalue weighted by atomic mass is 10.2. The van der Waals surface area contributed by atoms with Gasteiger partial charge in [0.15, 0.2) is 0 Å². The Morgan fingerprint density at radius 3 is 2.43 bits per heavy atom. The van der Waals surface area contributed by atoms with E-state index in [-0.39, 0.29) is 10.5 Å². The van der Waals surface area contributed by atoms with E-state index in [1.54, 1.807) is 0 Å². The standard InChI is InChI=1S/C14H17F3N2O3S/c1-18(10-14(15,16)17)13(20)11-5-4-6-12(9-11)23(21,22)19-7-2-3-8-19/h4-6,9H,2-3,7-8,10H2,1H3. The third kappa shape index (κ3) is 4.23. The van der Waals surface area contributed by atoms with Gasteiger partial charge in [-0.3, -0.25) is 4.79 Å². The van der Waals surface area contributed by atoms with Gasteiger partial charge in [0.25, 0.3) is 5.91 Å². The minimum atomic E-state index is -4.51. The van der Waals surface area contributed by atoms with Gasteiger partial charge in [0.05, 0.1) is 4.90 Å². The van der Waals surface area contributed by atoms with Gasteiger partial charge >= 0.3 is 6.18 Å². The molecule has 0 aromatic heterocycles. The van der Waals surface area contributed by atoms with Crippen LogP contribution in [0, 0.1) is 0 Å². The van der Waals surface area contributed by atoms with Crippen LogP contribution < -0.4 is 0 Å². The highest BCUT2D eigenvalue weighted by Crippen LogP contribution is 2.22. The molecule has 0 unspecified atom stereocenters. The summed E-state index contributed by atoms with van der Waals surface area (Å²) in [5.74, 6) is -0.874. The molecule has 0 radical (unpaired) electrons. The van der Waals surface area contributed by atoms with Crippen molar-refractivity contribution in [1.82, 2.24) is 9.21 Å². The number of hydrogen-bond acceptors (Lipinski definition) is 3. The molecule has 0 spiro atoms. The van der Waals surface area contributed by atoms with Gasteiger partial charge in [-0.2, -0.15) is 17.5 Å². The second-order valence-corrected chi connectivity index (χ2v) is 7.35. The van der Waals surface area contributed by atoms with E-state index in [1.165, 1.54) is 22.5 Å². The number of hydrogen-bond donors (Lipinski definition) is 0. The number of benzene rings is 1. The molecule has 1 aliphatic heterocycles. The average Bonchev–Trinajstić information content (AvgIpc) is 2.99. The first-order chi connectivity index (χ1) is 10.6. The van der Waals surface area contributed by atoms with E-state index in [0.717, 1.165) is 26.0 Å². The normalized spacial score (nSPS) is 16.5. The summed E-state index contributed by atoms with van der Waals surface area (Å²) in [7, 11) is -2.69. The predicted molar refractivity (Wildman–Crippen MR) is 77.5 cm³/mol. The molecule has 1 heterocycles. The first kappa shape index (κ1) is 17.7. The molecule has 1 aromatic rings. The number of nitrogens with zero attached hydrogens (tertiary/aromatic N) is 2. The molecule has 0 atom stereocenters. The molecular formula is C14H17F3N2O3S. The number of carbonyl (C=O) groups is 1. The van der Waals surface area contributed by atoms with Crippen LogP contribution in [0.3, 0.4) is 0 Å². The lowest BCUT2D eigenvalue weighted by Crippen LogP contribution is -2.36. The van der Waals surface area contributed by atoms with E-state index in [2.05, 4.69) is 0 Å². The molecule has 1 aromatic carbocycles.